The summed E-state index contributed by atoms with van der Waals surface area (Å²) in [6.45, 7) is 10.6. The summed E-state index contributed by atoms with van der Waals surface area (Å²) in [4.78, 5) is 20.4. The number of nitrogens with two attached hydrogens (primary N) is 2. The highest BCUT2D eigenvalue weighted by Crippen LogP contribution is 2.30. The molecule has 2 saturated heterocycles. The number of ether oxygens (including phenoxy) is 1. The smallest absolute Gasteiger partial charge is 0.182 e. The number of rotatable bonds is 5. The minimum Gasteiger partial charge on any atom is -0.399 e. The number of nitrogens with zero attached hydrogens (tertiary/aromatic N) is 3. The molecule has 0 saturated carbocycles. The lowest BCUT2D eigenvalue weighted by Gasteiger charge is -2.39. The molecule has 0 aliphatic carbocycles. The van der Waals surface area contributed by atoms with Crippen molar-refractivity contribution in [2.75, 3.05) is 73.7 Å². The molecule has 3 aromatic rings. The molecule has 2 aliphatic heterocycles. The zero-order chi connectivity index (χ0) is 24.6. The topological polar surface area (TPSA) is 88.1 Å². The number of piperazine rings is 1. The van der Waals surface area contributed by atoms with E-state index in [2.05, 4.69) is 39.0 Å². The Morgan fingerprint density at radius 2 is 1.46 bits per heavy atom. The van der Waals surface area contributed by atoms with Crippen LogP contribution < -0.4 is 21.3 Å². The van der Waals surface area contributed by atoms with E-state index in [4.69, 9.17) is 16.2 Å². The van der Waals surface area contributed by atoms with E-state index in [0.717, 1.165) is 67.0 Å². The van der Waals surface area contributed by atoms with Gasteiger partial charge in [-0.1, -0.05) is 18.2 Å². The molecule has 7 heteroatoms. The van der Waals surface area contributed by atoms with Crippen molar-refractivity contribution in [3.8, 4) is 0 Å². The van der Waals surface area contributed by atoms with Gasteiger partial charge in [-0.15, -0.1) is 0 Å². The number of hydrogen-bond acceptors (Lipinski definition) is 7. The third kappa shape index (κ3) is 4.66. The van der Waals surface area contributed by atoms with Crippen LogP contribution in [0.15, 0.2) is 54.6 Å². The van der Waals surface area contributed by atoms with Gasteiger partial charge in [0.05, 0.1) is 30.1 Å². The third-order valence-electron chi connectivity index (χ3n) is 7.48. The molecule has 3 aromatic carbocycles. The van der Waals surface area contributed by atoms with Crippen molar-refractivity contribution in [2.24, 2.45) is 0 Å². The molecular weight excluding hydrogens is 438 g/mol. The first-order valence-electron chi connectivity index (χ1n) is 12.4. The van der Waals surface area contributed by atoms with Gasteiger partial charge in [0.1, 0.15) is 0 Å². The van der Waals surface area contributed by atoms with Crippen LogP contribution in [0, 0.1) is 0 Å². The number of fused-ring (bicyclic) bond motifs is 1. The Kier molecular flexibility index (Phi) is 6.30. The van der Waals surface area contributed by atoms with Crippen LogP contribution in [-0.4, -0.2) is 68.7 Å². The van der Waals surface area contributed by atoms with E-state index >= 15 is 0 Å². The van der Waals surface area contributed by atoms with Gasteiger partial charge in [0, 0.05) is 56.2 Å². The number of morpholine rings is 1. The highest BCUT2D eigenvalue weighted by Gasteiger charge is 2.36. The van der Waals surface area contributed by atoms with Crippen molar-refractivity contribution >= 4 is 39.3 Å². The van der Waals surface area contributed by atoms with Gasteiger partial charge >= 0.3 is 0 Å². The van der Waals surface area contributed by atoms with Crippen molar-refractivity contribution in [1.82, 2.24) is 4.90 Å². The van der Waals surface area contributed by atoms with Gasteiger partial charge in [0.25, 0.3) is 0 Å². The Bertz CT molecular complexity index is 1230. The number of benzene rings is 3. The lowest BCUT2D eigenvalue weighted by molar-refractivity contribution is -0.00429. The van der Waals surface area contributed by atoms with Crippen molar-refractivity contribution in [3.05, 3.63) is 60.2 Å². The van der Waals surface area contributed by atoms with Crippen molar-refractivity contribution in [2.45, 2.75) is 19.4 Å². The maximum Gasteiger partial charge on any atom is 0.182 e. The van der Waals surface area contributed by atoms with Crippen LogP contribution >= 0.6 is 0 Å². The monoisotopic (exact) mass is 473 g/mol. The summed E-state index contributed by atoms with van der Waals surface area (Å²) in [5.41, 5.74) is 15.9. The molecule has 0 unspecified atom stereocenters. The molecule has 35 heavy (non-hydrogen) atoms. The summed E-state index contributed by atoms with van der Waals surface area (Å²) in [6.07, 6.45) is 0. The molecule has 4 N–H and O–H groups in total. The predicted molar refractivity (Wildman–Crippen MR) is 144 cm³/mol. The number of carbonyl (C=O) groups is 1. The summed E-state index contributed by atoms with van der Waals surface area (Å²) in [5.74, 6) is 0.156. The number of anilines is 4. The second-order valence-electron chi connectivity index (χ2n) is 10.0. The summed E-state index contributed by atoms with van der Waals surface area (Å²) < 4.78 is 5.47. The Morgan fingerprint density at radius 3 is 2.17 bits per heavy atom. The SMILES string of the molecule is CC(C)(C(=O)c1ccc2cc(N3CCN(c4ccc(N)cc4N)CC3)ccc2c1)N1CCOCC1. The fourth-order valence-electron chi connectivity index (χ4n) is 5.26. The van der Waals surface area contributed by atoms with Gasteiger partial charge in [-0.3, -0.25) is 9.69 Å². The highest BCUT2D eigenvalue weighted by atomic mass is 16.5. The Hall–Kier alpha value is -3.29. The molecule has 0 amide bonds. The first kappa shape index (κ1) is 23.5. The zero-order valence-electron chi connectivity index (χ0n) is 20.7. The van der Waals surface area contributed by atoms with E-state index in [0.29, 0.717) is 18.9 Å². The maximum atomic E-state index is 13.4. The average Bonchev–Trinajstić information content (AvgIpc) is 2.88. The largest absolute Gasteiger partial charge is 0.399 e. The lowest BCUT2D eigenvalue weighted by atomic mass is 9.89. The van der Waals surface area contributed by atoms with Gasteiger partial charge in [0.15, 0.2) is 5.78 Å². The summed E-state index contributed by atoms with van der Waals surface area (Å²) in [6, 6.07) is 18.3. The van der Waals surface area contributed by atoms with Crippen LogP contribution in [-0.2, 0) is 4.74 Å². The molecular formula is C28H35N5O2. The van der Waals surface area contributed by atoms with Crippen molar-refractivity contribution in [1.29, 1.82) is 0 Å². The van der Waals surface area contributed by atoms with Gasteiger partial charge in [-0.05, 0) is 61.0 Å². The molecule has 5 rings (SSSR count). The molecule has 0 bridgehead atoms. The molecule has 0 spiro atoms. The van der Waals surface area contributed by atoms with Crippen LogP contribution in [0.25, 0.3) is 10.8 Å². The maximum absolute atomic E-state index is 13.4. The summed E-state index contributed by atoms with van der Waals surface area (Å²) in [5, 5.41) is 2.24. The second kappa shape index (κ2) is 9.40. The van der Waals surface area contributed by atoms with Crippen LogP contribution in [0.5, 0.6) is 0 Å². The van der Waals surface area contributed by atoms with Gasteiger partial charge < -0.3 is 26.0 Å². The lowest BCUT2D eigenvalue weighted by Crippen LogP contribution is -2.54. The van der Waals surface area contributed by atoms with E-state index in [1.807, 2.05) is 44.2 Å². The average molecular weight is 474 g/mol. The molecule has 7 nitrogen and oxygen atoms in total. The zero-order valence-corrected chi connectivity index (χ0v) is 20.7. The van der Waals surface area contributed by atoms with Gasteiger partial charge in [0.2, 0.25) is 0 Å². The van der Waals surface area contributed by atoms with E-state index in [-0.39, 0.29) is 5.78 Å². The minimum absolute atomic E-state index is 0.156. The first-order chi connectivity index (χ1) is 16.8. The Morgan fingerprint density at radius 1 is 0.800 bits per heavy atom. The Balaban J connectivity index is 1.29. The van der Waals surface area contributed by atoms with Crippen molar-refractivity contribution in [3.63, 3.8) is 0 Å². The standard InChI is InChI=1S/C28H35N5O2/c1-28(2,33-13-15-35-16-14-33)27(34)22-4-3-21-18-24(7-5-20(21)17-22)31-9-11-32(12-10-31)26-8-6-23(29)19-25(26)30/h3-8,17-19H,9-16,29-30H2,1-2H3. The van der Waals surface area contributed by atoms with Crippen molar-refractivity contribution < 1.29 is 9.53 Å². The fourth-order valence-corrected chi connectivity index (χ4v) is 5.26. The molecule has 0 radical (unpaired) electrons. The van der Waals surface area contributed by atoms with Crippen LogP contribution in [0.1, 0.15) is 24.2 Å². The molecule has 2 aliphatic rings. The van der Waals surface area contributed by atoms with E-state index in [9.17, 15) is 4.79 Å². The molecule has 2 heterocycles. The van der Waals surface area contributed by atoms with E-state index in [1.54, 1.807) is 0 Å². The number of Topliss-reactive ketones (excluding diaryl/α,β-unsaturated/α-hetero) is 1. The molecule has 0 atom stereocenters. The van der Waals surface area contributed by atoms with E-state index < -0.39 is 5.54 Å². The number of hydrogen-bond donors (Lipinski definition) is 2. The van der Waals surface area contributed by atoms with Crippen LogP contribution in [0.2, 0.25) is 0 Å². The number of nitrogen functional groups attached to an aromatic ring is 2. The van der Waals surface area contributed by atoms with E-state index in [1.165, 1.54) is 5.69 Å². The Labute approximate surface area is 207 Å². The second-order valence-corrected chi connectivity index (χ2v) is 10.0. The quantitative estimate of drug-likeness (QED) is 0.432. The highest BCUT2D eigenvalue weighted by molar-refractivity contribution is 6.05. The summed E-state index contributed by atoms with van der Waals surface area (Å²) >= 11 is 0. The number of carbonyl (C=O) groups excluding carboxylic acids is 1. The van der Waals surface area contributed by atoms with Gasteiger partial charge in [-0.2, -0.15) is 0 Å². The van der Waals surface area contributed by atoms with Crippen LogP contribution in [0.3, 0.4) is 0 Å². The minimum atomic E-state index is -0.551. The first-order valence-corrected chi connectivity index (χ1v) is 12.4. The van der Waals surface area contributed by atoms with Gasteiger partial charge in [-0.25, -0.2) is 0 Å². The third-order valence-corrected chi connectivity index (χ3v) is 7.48. The molecule has 0 aromatic heterocycles. The number of ketones is 1. The fraction of sp³-hybridized carbons (Fsp3) is 0.393. The normalized spacial score (nSPS) is 17.7. The molecule has 184 valence electrons. The molecule has 2 fully saturated rings. The predicted octanol–water partition coefficient (Wildman–Crippen LogP) is 3.62. The van der Waals surface area contributed by atoms with Crippen LogP contribution in [0.4, 0.5) is 22.7 Å². The summed E-state index contributed by atoms with van der Waals surface area (Å²) in [7, 11) is 0.